The van der Waals surface area contributed by atoms with E-state index in [-0.39, 0.29) is 24.0 Å². The Labute approximate surface area is 125 Å². The van der Waals surface area contributed by atoms with Crippen molar-refractivity contribution in [3.63, 3.8) is 0 Å². The largest absolute Gasteiger partial charge is 1.00 e. The predicted molar refractivity (Wildman–Crippen MR) is 66.8 cm³/mol. The van der Waals surface area contributed by atoms with Gasteiger partial charge >= 0.3 is 0 Å². The van der Waals surface area contributed by atoms with Gasteiger partial charge in [0.1, 0.15) is 17.5 Å². The molecule has 1 amide bonds. The summed E-state index contributed by atoms with van der Waals surface area (Å²) in [7, 11) is 9.09. The molecule has 5 nitrogen and oxygen atoms in total. The van der Waals surface area contributed by atoms with Crippen molar-refractivity contribution in [2.45, 2.75) is 0 Å². The van der Waals surface area contributed by atoms with Crippen molar-refractivity contribution in [2.24, 2.45) is 0 Å². The molecule has 1 rings (SSSR count). The van der Waals surface area contributed by atoms with Gasteiger partial charge in [0.25, 0.3) is 0 Å². The summed E-state index contributed by atoms with van der Waals surface area (Å²) in [6.07, 6.45) is -1.16. The molecule has 0 saturated heterocycles. The molecule has 0 aliphatic heterocycles. The first-order valence-electron chi connectivity index (χ1n) is 5.14. The van der Waals surface area contributed by atoms with Gasteiger partial charge in [-0.3, -0.25) is 4.48 Å². The third kappa shape index (κ3) is 8.13. The Morgan fingerprint density at radius 1 is 1.17 bits per heavy atom. The van der Waals surface area contributed by atoms with Crippen molar-refractivity contribution in [2.75, 3.05) is 35.2 Å². The molecule has 0 radical (unpaired) electrons. The fourth-order valence-corrected chi connectivity index (χ4v) is 0.900. The van der Waals surface area contributed by atoms with Gasteiger partial charge in [-0.25, -0.2) is 0 Å². The lowest BCUT2D eigenvalue weighted by Crippen LogP contribution is -3.00. The van der Waals surface area contributed by atoms with E-state index in [1.54, 1.807) is 12.1 Å². The van der Waals surface area contributed by atoms with Crippen molar-refractivity contribution in [1.82, 2.24) is 9.38 Å². The van der Waals surface area contributed by atoms with Gasteiger partial charge in [0.15, 0.2) is 0 Å². The van der Waals surface area contributed by atoms with Crippen LogP contribution in [0.3, 0.4) is 0 Å². The molecule has 1 aromatic rings. The fraction of sp³-hybridized carbons (Fsp3) is 0.417. The average Bonchev–Trinajstić information content (AvgIpc) is 2.17. The smallest absolute Gasteiger partial charge is 0.136 e. The number of halogens is 1. The second-order valence-corrected chi connectivity index (χ2v) is 4.69. The number of quaternary nitrogens is 1. The predicted octanol–water partition coefficient (Wildman–Crippen LogP) is -2.52. The number of rotatable bonds is 1. The second kappa shape index (κ2) is 8.15. The zero-order valence-electron chi connectivity index (χ0n) is 11.3. The average molecular weight is 367 g/mol. The SMILES string of the molecule is CN(C)C(=O)[O-].C[N+](C)(C)c1ccc(O)cc1.[I-]. The van der Waals surface area contributed by atoms with E-state index < -0.39 is 6.09 Å². The Kier molecular flexibility index (Phi) is 8.75. The molecule has 0 aromatic heterocycles. The van der Waals surface area contributed by atoms with Crippen LogP contribution in [-0.2, 0) is 0 Å². The molecule has 0 fully saturated rings. The zero-order valence-corrected chi connectivity index (χ0v) is 13.5. The quantitative estimate of drug-likeness (QED) is 0.441. The van der Waals surface area contributed by atoms with Gasteiger partial charge in [-0.05, 0) is 12.1 Å². The topological polar surface area (TPSA) is 63.6 Å². The summed E-state index contributed by atoms with van der Waals surface area (Å²) in [5.41, 5.74) is 1.18. The summed E-state index contributed by atoms with van der Waals surface area (Å²) in [4.78, 5) is 10.5. The maximum absolute atomic E-state index is 9.51. The Morgan fingerprint density at radius 3 is 1.72 bits per heavy atom. The monoisotopic (exact) mass is 367 g/mol. The normalized spacial score (nSPS) is 9.61. The third-order valence-electron chi connectivity index (χ3n) is 1.99. The summed E-state index contributed by atoms with van der Waals surface area (Å²) in [6, 6.07) is 7.27. The van der Waals surface area contributed by atoms with Gasteiger partial charge in [0, 0.05) is 26.2 Å². The first-order valence-corrected chi connectivity index (χ1v) is 5.14. The molecule has 1 N–H and O–H groups in total. The van der Waals surface area contributed by atoms with Crippen LogP contribution in [0.1, 0.15) is 0 Å². The van der Waals surface area contributed by atoms with Crippen molar-refractivity contribution < 1.29 is 39.0 Å². The first kappa shape index (κ1) is 19.3. The summed E-state index contributed by atoms with van der Waals surface area (Å²) < 4.78 is 0.778. The molecule has 0 aliphatic carbocycles. The fourth-order valence-electron chi connectivity index (χ4n) is 0.900. The summed E-state index contributed by atoms with van der Waals surface area (Å²) in [6.45, 7) is 0. The van der Waals surface area contributed by atoms with Crippen LogP contribution in [0.15, 0.2) is 24.3 Å². The minimum Gasteiger partial charge on any atom is -1.00 e. The molecule has 6 heteroatoms. The molecule has 18 heavy (non-hydrogen) atoms. The number of carbonyl (C=O) groups is 1. The standard InChI is InChI=1S/C9H13NO.C3H7NO2.HI/c1-10(2,3)8-4-6-9(11)7-5-8;1-4(2)3(5)6;/h4-7H,1-3H3;1-2H3,(H,5,6);1H/p-1. The number of phenols is 1. The number of nitrogens with zero attached hydrogens (tertiary/aromatic N) is 2. The summed E-state index contributed by atoms with van der Waals surface area (Å²) in [5.74, 6) is 0.321. The second-order valence-electron chi connectivity index (χ2n) is 4.69. The van der Waals surface area contributed by atoms with E-state index in [2.05, 4.69) is 21.1 Å². The van der Waals surface area contributed by atoms with E-state index in [1.807, 2.05) is 12.1 Å². The lowest BCUT2D eigenvalue weighted by Gasteiger charge is -2.22. The number of carboxylic acid groups (broad SMARTS) is 1. The molecule has 104 valence electrons. The number of carbonyl (C=O) groups excluding carboxylic acids is 1. The van der Waals surface area contributed by atoms with E-state index in [0.29, 0.717) is 5.75 Å². The minimum atomic E-state index is -1.16. The van der Waals surface area contributed by atoms with Crippen LogP contribution in [0.4, 0.5) is 10.5 Å². The van der Waals surface area contributed by atoms with Crippen LogP contribution in [0.5, 0.6) is 5.75 Å². The van der Waals surface area contributed by atoms with Gasteiger partial charge in [0.2, 0.25) is 0 Å². The van der Waals surface area contributed by atoms with Crippen LogP contribution in [0.25, 0.3) is 0 Å². The third-order valence-corrected chi connectivity index (χ3v) is 1.99. The highest BCUT2D eigenvalue weighted by atomic mass is 127. The number of hydrogen-bond donors (Lipinski definition) is 1. The maximum Gasteiger partial charge on any atom is 0.136 e. The molecule has 0 bridgehead atoms. The number of phenolic OH excluding ortho intramolecular Hbond substituents is 1. The van der Waals surface area contributed by atoms with Crippen molar-refractivity contribution >= 4 is 11.8 Å². The number of amides is 1. The molecular formula is C12H20IN2O3-. The van der Waals surface area contributed by atoms with E-state index in [0.717, 1.165) is 9.38 Å². The van der Waals surface area contributed by atoms with Crippen LogP contribution in [0.2, 0.25) is 0 Å². The Hall–Kier alpha value is -1.02. The summed E-state index contributed by atoms with van der Waals surface area (Å²) in [5, 5.41) is 18.5. The van der Waals surface area contributed by atoms with E-state index in [1.165, 1.54) is 19.8 Å². The van der Waals surface area contributed by atoms with Crippen molar-refractivity contribution in [3.8, 4) is 5.75 Å². The maximum atomic E-state index is 9.51. The highest BCUT2D eigenvalue weighted by molar-refractivity contribution is 5.61. The van der Waals surface area contributed by atoms with Gasteiger partial charge in [-0.15, -0.1) is 0 Å². The van der Waals surface area contributed by atoms with Crippen molar-refractivity contribution in [1.29, 1.82) is 0 Å². The van der Waals surface area contributed by atoms with Crippen molar-refractivity contribution in [3.05, 3.63) is 24.3 Å². The van der Waals surface area contributed by atoms with E-state index in [4.69, 9.17) is 5.11 Å². The zero-order chi connectivity index (χ0) is 13.6. The Morgan fingerprint density at radius 2 is 1.50 bits per heavy atom. The van der Waals surface area contributed by atoms with Gasteiger partial charge in [-0.1, -0.05) is 0 Å². The molecule has 0 spiro atoms. The molecule has 0 atom stereocenters. The van der Waals surface area contributed by atoms with Crippen LogP contribution >= 0.6 is 0 Å². The number of hydrogen-bond acceptors (Lipinski definition) is 3. The van der Waals surface area contributed by atoms with Crippen LogP contribution < -0.4 is 33.6 Å². The van der Waals surface area contributed by atoms with E-state index >= 15 is 0 Å². The highest BCUT2D eigenvalue weighted by Crippen LogP contribution is 2.19. The van der Waals surface area contributed by atoms with Crippen LogP contribution in [-0.4, -0.2) is 51.3 Å². The molecule has 0 unspecified atom stereocenters. The molecule has 0 heterocycles. The first-order chi connectivity index (χ1) is 7.64. The van der Waals surface area contributed by atoms with Crippen LogP contribution in [0, 0.1) is 0 Å². The Balaban J connectivity index is 0. The lowest BCUT2D eigenvalue weighted by atomic mass is 10.2. The molecular weight excluding hydrogens is 347 g/mol. The Bertz CT molecular complexity index is 359. The minimum absolute atomic E-state index is 0. The lowest BCUT2D eigenvalue weighted by molar-refractivity contribution is -0.262. The molecule has 0 saturated carbocycles. The molecule has 0 aliphatic rings. The molecule has 1 aromatic carbocycles. The number of benzene rings is 1. The van der Waals surface area contributed by atoms with Gasteiger partial charge in [-0.2, -0.15) is 0 Å². The number of aromatic hydroxyl groups is 1. The highest BCUT2D eigenvalue weighted by Gasteiger charge is 2.10. The van der Waals surface area contributed by atoms with Gasteiger partial charge in [0.05, 0.1) is 21.1 Å². The summed E-state index contributed by atoms with van der Waals surface area (Å²) >= 11 is 0. The van der Waals surface area contributed by atoms with Gasteiger partial charge < -0.3 is 43.9 Å². The van der Waals surface area contributed by atoms with E-state index in [9.17, 15) is 9.90 Å².